The van der Waals surface area contributed by atoms with Crippen molar-refractivity contribution in [2.75, 3.05) is 0 Å². The van der Waals surface area contributed by atoms with E-state index in [1.165, 1.54) is 0 Å². The van der Waals surface area contributed by atoms with Crippen molar-refractivity contribution in [3.8, 4) is 11.4 Å². The fourth-order valence-corrected chi connectivity index (χ4v) is 2.32. The molecule has 1 heterocycles. The lowest BCUT2D eigenvalue weighted by atomic mass is 10.1. The zero-order valence-corrected chi connectivity index (χ0v) is 12.2. The van der Waals surface area contributed by atoms with Gasteiger partial charge in [0.2, 0.25) is 0 Å². The number of nitrogens with zero attached hydrogens (tertiary/aromatic N) is 3. The van der Waals surface area contributed by atoms with Crippen LogP contribution in [0.3, 0.4) is 0 Å². The van der Waals surface area contributed by atoms with Gasteiger partial charge in [-0.15, -0.1) is 0 Å². The molecule has 0 fully saturated rings. The second-order valence-corrected chi connectivity index (χ2v) is 4.94. The van der Waals surface area contributed by atoms with Gasteiger partial charge in [-0.3, -0.25) is 0 Å². The zero-order valence-electron chi connectivity index (χ0n) is 12.2. The van der Waals surface area contributed by atoms with Gasteiger partial charge in [-0.25, -0.2) is 9.30 Å². The van der Waals surface area contributed by atoms with E-state index in [-0.39, 0.29) is 6.04 Å². The van der Waals surface area contributed by atoms with Gasteiger partial charge >= 0.3 is 0 Å². The van der Waals surface area contributed by atoms with Gasteiger partial charge in [0.25, 0.3) is 5.82 Å². The third kappa shape index (κ3) is 2.15. The Kier molecular flexibility index (Phi) is 3.79. The third-order valence-corrected chi connectivity index (χ3v) is 3.79. The average Bonchev–Trinajstić information content (AvgIpc) is 2.70. The van der Waals surface area contributed by atoms with E-state index >= 15 is 0 Å². The number of hydrogen-bond donors (Lipinski definition) is 1. The number of aromatic nitrogens is 2. The summed E-state index contributed by atoms with van der Waals surface area (Å²) in [5.41, 5.74) is 2.92. The molecule has 0 amide bonds. The SMILES string of the molecule is CC(=NO)C(C)n1c(C)c(C)[n+]([O-])c1-c1ccccc1. The van der Waals surface area contributed by atoms with Crippen molar-refractivity contribution in [1.29, 1.82) is 0 Å². The smallest absolute Gasteiger partial charge is 0.292 e. The van der Waals surface area contributed by atoms with Crippen molar-refractivity contribution in [2.45, 2.75) is 33.7 Å². The quantitative estimate of drug-likeness (QED) is 0.307. The lowest BCUT2D eigenvalue weighted by Gasteiger charge is -2.12. The molecular weight excluding hydrogens is 254 g/mol. The molecule has 0 bridgehead atoms. The molecular formula is C15H19N3O2. The maximum Gasteiger partial charge on any atom is 0.292 e. The van der Waals surface area contributed by atoms with Crippen molar-refractivity contribution in [2.24, 2.45) is 5.16 Å². The van der Waals surface area contributed by atoms with E-state index in [9.17, 15) is 5.21 Å². The second-order valence-electron chi connectivity index (χ2n) is 4.94. The fourth-order valence-electron chi connectivity index (χ4n) is 2.32. The summed E-state index contributed by atoms with van der Waals surface area (Å²) in [7, 11) is 0. The summed E-state index contributed by atoms with van der Waals surface area (Å²) >= 11 is 0. The number of hydrogen-bond acceptors (Lipinski definition) is 3. The first-order valence-electron chi connectivity index (χ1n) is 6.54. The molecule has 0 radical (unpaired) electrons. The van der Waals surface area contributed by atoms with E-state index in [1.54, 1.807) is 13.8 Å². The van der Waals surface area contributed by atoms with Crippen LogP contribution in [-0.2, 0) is 0 Å². The molecule has 106 valence electrons. The van der Waals surface area contributed by atoms with Crippen LogP contribution in [0, 0.1) is 19.1 Å². The van der Waals surface area contributed by atoms with E-state index in [2.05, 4.69) is 5.16 Å². The molecule has 2 aromatic rings. The summed E-state index contributed by atoms with van der Waals surface area (Å²) in [6, 6.07) is 9.32. The number of oxime groups is 1. The van der Waals surface area contributed by atoms with Gasteiger partial charge in [0.15, 0.2) is 0 Å². The van der Waals surface area contributed by atoms with Crippen LogP contribution in [0.1, 0.15) is 31.3 Å². The normalized spacial score (nSPS) is 13.5. The molecule has 0 aliphatic rings. The molecule has 0 aliphatic carbocycles. The topological polar surface area (TPSA) is 64.5 Å². The van der Waals surface area contributed by atoms with E-state index < -0.39 is 0 Å². The first-order chi connectivity index (χ1) is 9.49. The van der Waals surface area contributed by atoms with Crippen molar-refractivity contribution in [1.82, 2.24) is 4.57 Å². The minimum atomic E-state index is -0.191. The molecule has 1 N–H and O–H groups in total. The highest BCUT2D eigenvalue weighted by molar-refractivity contribution is 5.85. The molecule has 0 aliphatic heterocycles. The first-order valence-corrected chi connectivity index (χ1v) is 6.54. The standard InChI is InChI=1S/C15H19N3O2/c1-10(16-19)11(2)17-12(3)13(4)18(20)15(17)14-8-6-5-7-9-14/h5-9,11,19H,1-4H3. The molecule has 2 rings (SSSR count). The van der Waals surface area contributed by atoms with Gasteiger partial charge in [0, 0.05) is 13.8 Å². The highest BCUT2D eigenvalue weighted by Crippen LogP contribution is 2.25. The Labute approximate surface area is 118 Å². The molecule has 1 unspecified atom stereocenters. The van der Waals surface area contributed by atoms with Crippen molar-refractivity contribution >= 4 is 5.71 Å². The van der Waals surface area contributed by atoms with E-state index in [0.717, 1.165) is 16.0 Å². The summed E-state index contributed by atoms with van der Waals surface area (Å²) in [6.45, 7) is 7.35. The molecule has 5 heteroatoms. The highest BCUT2D eigenvalue weighted by Gasteiger charge is 2.28. The summed E-state index contributed by atoms with van der Waals surface area (Å²) in [5, 5.41) is 24.7. The molecule has 20 heavy (non-hydrogen) atoms. The Balaban J connectivity index is 2.71. The van der Waals surface area contributed by atoms with Crippen molar-refractivity contribution < 1.29 is 9.94 Å². The zero-order chi connectivity index (χ0) is 14.9. The van der Waals surface area contributed by atoms with Crippen LogP contribution < -0.4 is 4.73 Å². The molecule has 1 aromatic carbocycles. The van der Waals surface area contributed by atoms with Gasteiger partial charge in [-0.05, 0) is 26.0 Å². The Morgan fingerprint density at radius 2 is 1.90 bits per heavy atom. The lowest BCUT2D eigenvalue weighted by molar-refractivity contribution is -0.599. The summed E-state index contributed by atoms with van der Waals surface area (Å²) in [6.07, 6.45) is 0. The van der Waals surface area contributed by atoms with Crippen LogP contribution in [0.4, 0.5) is 0 Å². The Morgan fingerprint density at radius 1 is 1.30 bits per heavy atom. The second kappa shape index (κ2) is 5.36. The minimum absolute atomic E-state index is 0.191. The fraction of sp³-hybridized carbons (Fsp3) is 0.333. The largest absolute Gasteiger partial charge is 0.710 e. The minimum Gasteiger partial charge on any atom is -0.710 e. The average molecular weight is 273 g/mol. The van der Waals surface area contributed by atoms with Crippen LogP contribution in [0.2, 0.25) is 0 Å². The maximum atomic E-state index is 12.4. The Morgan fingerprint density at radius 3 is 2.45 bits per heavy atom. The van der Waals surface area contributed by atoms with Crippen LogP contribution in [0.15, 0.2) is 35.5 Å². The molecule has 5 nitrogen and oxygen atoms in total. The van der Waals surface area contributed by atoms with Crippen LogP contribution in [0.25, 0.3) is 11.4 Å². The van der Waals surface area contributed by atoms with Crippen LogP contribution in [0.5, 0.6) is 0 Å². The predicted molar refractivity (Wildman–Crippen MR) is 77.9 cm³/mol. The van der Waals surface area contributed by atoms with Gasteiger partial charge in [0.05, 0.1) is 11.3 Å². The van der Waals surface area contributed by atoms with Gasteiger partial charge in [-0.2, -0.15) is 0 Å². The third-order valence-electron chi connectivity index (χ3n) is 3.79. The van der Waals surface area contributed by atoms with Gasteiger partial charge < -0.3 is 10.4 Å². The molecule has 1 aromatic heterocycles. The summed E-state index contributed by atoms with van der Waals surface area (Å²) in [4.78, 5) is 0. The summed E-state index contributed by atoms with van der Waals surface area (Å²) < 4.78 is 2.85. The number of benzene rings is 1. The monoisotopic (exact) mass is 273 g/mol. The van der Waals surface area contributed by atoms with Gasteiger partial charge in [-0.1, -0.05) is 23.4 Å². The first kappa shape index (κ1) is 14.1. The molecule has 1 atom stereocenters. The van der Waals surface area contributed by atoms with E-state index in [0.29, 0.717) is 17.2 Å². The molecule has 0 saturated heterocycles. The van der Waals surface area contributed by atoms with Crippen molar-refractivity contribution in [3.63, 3.8) is 0 Å². The lowest BCUT2D eigenvalue weighted by Crippen LogP contribution is -2.31. The van der Waals surface area contributed by atoms with Gasteiger partial charge in [0.1, 0.15) is 17.4 Å². The predicted octanol–water partition coefficient (Wildman–Crippen LogP) is 2.82. The Hall–Kier alpha value is -2.30. The number of rotatable bonds is 3. The van der Waals surface area contributed by atoms with E-state index in [4.69, 9.17) is 5.21 Å². The molecule has 0 spiro atoms. The number of imidazole rings is 1. The van der Waals surface area contributed by atoms with Crippen LogP contribution >= 0.6 is 0 Å². The van der Waals surface area contributed by atoms with Crippen LogP contribution in [-0.4, -0.2) is 15.5 Å². The van der Waals surface area contributed by atoms with Crippen molar-refractivity contribution in [3.05, 3.63) is 46.9 Å². The summed E-state index contributed by atoms with van der Waals surface area (Å²) in [5.74, 6) is 0.566. The molecule has 0 saturated carbocycles. The van der Waals surface area contributed by atoms with E-state index in [1.807, 2.05) is 48.7 Å². The maximum absolute atomic E-state index is 12.4. The Bertz CT molecular complexity index is 645. The highest BCUT2D eigenvalue weighted by atomic mass is 16.5.